The van der Waals surface area contributed by atoms with E-state index in [-0.39, 0.29) is 18.4 Å². The maximum Gasteiger partial charge on any atom is 0.407 e. The third kappa shape index (κ3) is 8.59. The smallest absolute Gasteiger partial charge is 0.407 e. The molecule has 30 heavy (non-hydrogen) atoms. The van der Waals surface area contributed by atoms with Gasteiger partial charge in [0.1, 0.15) is 6.61 Å². The van der Waals surface area contributed by atoms with E-state index in [1.807, 2.05) is 66.9 Å². The van der Waals surface area contributed by atoms with Crippen LogP contribution in [0.25, 0.3) is 0 Å². The molecular weight excluding hydrogens is 396 g/mol. The lowest BCUT2D eigenvalue weighted by atomic mass is 10.0. The summed E-state index contributed by atoms with van der Waals surface area (Å²) in [5, 5.41) is 6.33. The molecule has 0 aromatic heterocycles. The molecule has 0 fully saturated rings. The van der Waals surface area contributed by atoms with E-state index in [0.29, 0.717) is 18.2 Å². The summed E-state index contributed by atoms with van der Waals surface area (Å²) in [7, 11) is 0. The molecule has 2 N–H and O–H groups in total. The lowest BCUT2D eigenvalue weighted by Gasteiger charge is -2.24. The fraction of sp³-hybridized carbons (Fsp3) is 0.417. The average molecular weight is 429 g/mol. The molecule has 0 aliphatic carbocycles. The second-order valence-corrected chi connectivity index (χ2v) is 8.55. The van der Waals surface area contributed by atoms with Crippen LogP contribution in [0, 0.1) is 5.92 Å². The maximum absolute atomic E-state index is 12.7. The second-order valence-electron chi connectivity index (χ2n) is 7.68. The fourth-order valence-corrected chi connectivity index (χ4v) is 3.69. The van der Waals surface area contributed by atoms with Crippen molar-refractivity contribution < 1.29 is 14.3 Å². The Labute approximate surface area is 184 Å². The molecule has 0 heterocycles. The SMILES string of the molecule is CSCC(=O)C(NCC(CC(C)C)NC(=O)OCc1ccccc1)c1ccccc1. The Bertz CT molecular complexity index is 769. The van der Waals surface area contributed by atoms with Gasteiger partial charge in [-0.15, -0.1) is 0 Å². The molecule has 0 saturated carbocycles. The molecule has 0 saturated heterocycles. The zero-order chi connectivity index (χ0) is 21.8. The highest BCUT2D eigenvalue weighted by molar-refractivity contribution is 7.99. The summed E-state index contributed by atoms with van der Waals surface area (Å²) in [6, 6.07) is 18.8. The fourth-order valence-electron chi connectivity index (χ4n) is 3.24. The Morgan fingerprint density at radius 3 is 2.23 bits per heavy atom. The summed E-state index contributed by atoms with van der Waals surface area (Å²) in [4.78, 5) is 25.0. The highest BCUT2D eigenvalue weighted by Crippen LogP contribution is 2.16. The van der Waals surface area contributed by atoms with Gasteiger partial charge in [0.15, 0.2) is 5.78 Å². The molecule has 2 rings (SSSR count). The molecule has 0 aliphatic heterocycles. The molecule has 2 atom stereocenters. The van der Waals surface area contributed by atoms with Crippen molar-refractivity contribution in [2.24, 2.45) is 5.92 Å². The van der Waals surface area contributed by atoms with E-state index in [4.69, 9.17) is 4.74 Å². The van der Waals surface area contributed by atoms with Crippen molar-refractivity contribution in [1.29, 1.82) is 0 Å². The van der Waals surface area contributed by atoms with Crippen LogP contribution in [-0.4, -0.2) is 36.5 Å². The van der Waals surface area contributed by atoms with Crippen LogP contribution >= 0.6 is 11.8 Å². The quantitative estimate of drug-likeness (QED) is 0.518. The number of alkyl carbamates (subject to hydrolysis) is 1. The van der Waals surface area contributed by atoms with Gasteiger partial charge in [-0.1, -0.05) is 74.5 Å². The molecule has 5 nitrogen and oxygen atoms in total. The summed E-state index contributed by atoms with van der Waals surface area (Å²) in [5.74, 6) is 0.959. The van der Waals surface area contributed by atoms with Gasteiger partial charge in [-0.25, -0.2) is 4.79 Å². The number of amides is 1. The van der Waals surface area contributed by atoms with Crippen LogP contribution < -0.4 is 10.6 Å². The maximum atomic E-state index is 12.7. The van der Waals surface area contributed by atoms with Crippen LogP contribution in [-0.2, 0) is 16.1 Å². The van der Waals surface area contributed by atoms with Gasteiger partial charge in [-0.05, 0) is 29.7 Å². The number of carbonyl (C=O) groups is 2. The first-order chi connectivity index (χ1) is 14.5. The van der Waals surface area contributed by atoms with Crippen molar-refractivity contribution in [2.75, 3.05) is 18.6 Å². The molecule has 1 amide bonds. The Morgan fingerprint density at radius 1 is 1.00 bits per heavy atom. The van der Waals surface area contributed by atoms with Crippen LogP contribution in [0.15, 0.2) is 60.7 Å². The van der Waals surface area contributed by atoms with Crippen molar-refractivity contribution >= 4 is 23.6 Å². The molecule has 2 aromatic rings. The largest absolute Gasteiger partial charge is 0.445 e. The van der Waals surface area contributed by atoms with E-state index >= 15 is 0 Å². The van der Waals surface area contributed by atoms with Gasteiger partial charge in [0.25, 0.3) is 0 Å². The third-order valence-electron chi connectivity index (χ3n) is 4.60. The third-order valence-corrected chi connectivity index (χ3v) is 5.17. The van der Waals surface area contributed by atoms with Crippen molar-refractivity contribution in [3.8, 4) is 0 Å². The first-order valence-corrected chi connectivity index (χ1v) is 11.7. The number of benzene rings is 2. The average Bonchev–Trinajstić information content (AvgIpc) is 2.73. The first-order valence-electron chi connectivity index (χ1n) is 10.3. The number of rotatable bonds is 12. The van der Waals surface area contributed by atoms with Crippen LogP contribution in [0.5, 0.6) is 0 Å². The van der Waals surface area contributed by atoms with Gasteiger partial charge in [-0.3, -0.25) is 4.79 Å². The predicted octanol–water partition coefficient (Wildman–Crippen LogP) is 4.59. The summed E-state index contributed by atoms with van der Waals surface area (Å²) in [6.07, 6.45) is 2.26. The minimum atomic E-state index is -0.446. The van der Waals surface area contributed by atoms with Crippen LogP contribution in [0.3, 0.4) is 0 Å². The molecule has 162 valence electrons. The van der Waals surface area contributed by atoms with Crippen molar-refractivity contribution in [3.63, 3.8) is 0 Å². The zero-order valence-corrected chi connectivity index (χ0v) is 18.8. The summed E-state index contributed by atoms with van der Waals surface area (Å²) in [5.41, 5.74) is 1.88. The number of nitrogens with one attached hydrogen (secondary N) is 2. The van der Waals surface area contributed by atoms with Gasteiger partial charge in [0.05, 0.1) is 11.8 Å². The lowest BCUT2D eigenvalue weighted by molar-refractivity contribution is -0.118. The van der Waals surface area contributed by atoms with E-state index in [2.05, 4.69) is 24.5 Å². The molecular formula is C24H32N2O3S. The van der Waals surface area contributed by atoms with Crippen LogP contribution in [0.2, 0.25) is 0 Å². The number of ketones is 1. The molecule has 2 unspecified atom stereocenters. The normalized spacial score (nSPS) is 12.9. The molecule has 0 aliphatic rings. The topological polar surface area (TPSA) is 67.4 Å². The van der Waals surface area contributed by atoms with E-state index in [1.165, 1.54) is 11.8 Å². The molecule has 0 spiro atoms. The minimum Gasteiger partial charge on any atom is -0.445 e. The van der Waals surface area contributed by atoms with Gasteiger partial charge < -0.3 is 15.4 Å². The summed E-state index contributed by atoms with van der Waals surface area (Å²) in [6.45, 7) is 4.93. The van der Waals surface area contributed by atoms with E-state index in [9.17, 15) is 9.59 Å². The predicted molar refractivity (Wildman–Crippen MR) is 124 cm³/mol. The van der Waals surface area contributed by atoms with Crippen molar-refractivity contribution in [2.45, 2.75) is 39.0 Å². The monoisotopic (exact) mass is 428 g/mol. The molecule has 2 aromatic carbocycles. The van der Waals surface area contributed by atoms with Crippen molar-refractivity contribution in [3.05, 3.63) is 71.8 Å². The number of Topliss-reactive ketones (excluding diaryl/α,β-unsaturated/α-hetero) is 1. The number of thioether (sulfide) groups is 1. The highest BCUT2D eigenvalue weighted by Gasteiger charge is 2.22. The number of hydrogen-bond donors (Lipinski definition) is 2. The van der Waals surface area contributed by atoms with E-state index in [1.54, 1.807) is 0 Å². The number of hydrogen-bond acceptors (Lipinski definition) is 5. The summed E-state index contributed by atoms with van der Waals surface area (Å²) < 4.78 is 5.37. The molecule has 6 heteroatoms. The molecule has 0 bridgehead atoms. The van der Waals surface area contributed by atoms with Crippen LogP contribution in [0.1, 0.15) is 37.4 Å². The molecule has 0 radical (unpaired) electrons. The number of carbonyl (C=O) groups excluding carboxylic acids is 2. The second kappa shape index (κ2) is 13.1. The summed E-state index contributed by atoms with van der Waals surface area (Å²) >= 11 is 1.51. The Morgan fingerprint density at radius 2 is 1.63 bits per heavy atom. The zero-order valence-electron chi connectivity index (χ0n) is 18.0. The Hall–Kier alpha value is -2.31. The van der Waals surface area contributed by atoms with Crippen molar-refractivity contribution in [1.82, 2.24) is 10.6 Å². The Balaban J connectivity index is 1.97. The van der Waals surface area contributed by atoms with Crippen LogP contribution in [0.4, 0.5) is 4.79 Å². The number of ether oxygens (including phenoxy) is 1. The van der Waals surface area contributed by atoms with E-state index in [0.717, 1.165) is 17.5 Å². The minimum absolute atomic E-state index is 0.128. The van der Waals surface area contributed by atoms with Gasteiger partial charge in [0.2, 0.25) is 0 Å². The van der Waals surface area contributed by atoms with E-state index < -0.39 is 12.1 Å². The van der Waals surface area contributed by atoms with Gasteiger partial charge in [0, 0.05) is 12.6 Å². The van der Waals surface area contributed by atoms with Gasteiger partial charge in [-0.2, -0.15) is 11.8 Å². The lowest BCUT2D eigenvalue weighted by Crippen LogP contribution is -2.45. The standard InChI is InChI=1S/C24H32N2O3S/c1-18(2)14-21(26-24(28)29-16-19-10-6-4-7-11-19)15-25-23(22(27)17-30-3)20-12-8-5-9-13-20/h4-13,18,21,23,25H,14-17H2,1-3H3,(H,26,28). The highest BCUT2D eigenvalue weighted by atomic mass is 32.2. The van der Waals surface area contributed by atoms with Gasteiger partial charge >= 0.3 is 6.09 Å². The first kappa shape index (κ1) is 24.0. The Kier molecular flexibility index (Phi) is 10.5.